The number of likely N-dealkylation sites (N-methyl/N-ethyl adjacent to an activating group) is 1. The standard InChI is InChI=1S/C18H19N3O5/c1-10-15(18(23)26-3)16(11-6-4-5-7-13(11)21(24)25)17-12(19-10)8-20(2)9-14(17)22/h4-7,16,19H,8-9H2,1-3H3. The molecule has 8 heteroatoms. The van der Waals surface area contributed by atoms with Crippen molar-refractivity contribution in [3.63, 3.8) is 0 Å². The molecule has 2 aliphatic heterocycles. The summed E-state index contributed by atoms with van der Waals surface area (Å²) >= 11 is 0. The number of nitro benzene ring substituents is 1. The quantitative estimate of drug-likeness (QED) is 0.497. The molecule has 136 valence electrons. The third kappa shape index (κ3) is 2.88. The second kappa shape index (κ2) is 6.72. The summed E-state index contributed by atoms with van der Waals surface area (Å²) in [6.45, 7) is 2.38. The van der Waals surface area contributed by atoms with E-state index in [1.807, 2.05) is 11.9 Å². The van der Waals surface area contributed by atoms with Crippen molar-refractivity contribution in [3.05, 3.63) is 62.5 Å². The summed E-state index contributed by atoms with van der Waals surface area (Å²) in [5, 5.41) is 14.7. The number of carbonyl (C=O) groups excluding carboxylic acids is 2. The van der Waals surface area contributed by atoms with Crippen LogP contribution in [0.2, 0.25) is 0 Å². The van der Waals surface area contributed by atoms with Gasteiger partial charge in [-0.05, 0) is 14.0 Å². The summed E-state index contributed by atoms with van der Waals surface area (Å²) in [5.74, 6) is -1.61. The summed E-state index contributed by atoms with van der Waals surface area (Å²) in [6, 6.07) is 6.18. The van der Waals surface area contributed by atoms with Crippen LogP contribution in [0.25, 0.3) is 0 Å². The lowest BCUT2D eigenvalue weighted by Crippen LogP contribution is -2.44. The van der Waals surface area contributed by atoms with Gasteiger partial charge < -0.3 is 10.1 Å². The normalized spacial score (nSPS) is 20.6. The zero-order valence-electron chi connectivity index (χ0n) is 14.7. The fourth-order valence-corrected chi connectivity index (χ4v) is 3.60. The fraction of sp³-hybridized carbons (Fsp3) is 0.333. The number of allylic oxidation sites excluding steroid dienone is 1. The number of dihydropyridines is 1. The van der Waals surface area contributed by atoms with Crippen LogP contribution in [0.1, 0.15) is 18.4 Å². The van der Waals surface area contributed by atoms with Crippen LogP contribution >= 0.6 is 0 Å². The molecule has 0 saturated heterocycles. The van der Waals surface area contributed by atoms with Gasteiger partial charge in [-0.15, -0.1) is 0 Å². The largest absolute Gasteiger partial charge is 0.466 e. The molecule has 1 aromatic carbocycles. The number of benzene rings is 1. The minimum atomic E-state index is -0.832. The average molecular weight is 357 g/mol. The molecule has 1 atom stereocenters. The zero-order valence-corrected chi connectivity index (χ0v) is 14.7. The number of methoxy groups -OCH3 is 1. The molecule has 0 fully saturated rings. The molecule has 0 spiro atoms. The van der Waals surface area contributed by atoms with Gasteiger partial charge in [0.2, 0.25) is 0 Å². The van der Waals surface area contributed by atoms with Gasteiger partial charge in [-0.25, -0.2) is 4.79 Å². The highest BCUT2D eigenvalue weighted by Gasteiger charge is 2.42. The summed E-state index contributed by atoms with van der Waals surface area (Å²) < 4.78 is 4.90. The van der Waals surface area contributed by atoms with E-state index < -0.39 is 16.8 Å². The van der Waals surface area contributed by atoms with Crippen molar-refractivity contribution in [3.8, 4) is 0 Å². The highest BCUT2D eigenvalue weighted by Crippen LogP contribution is 2.43. The average Bonchev–Trinajstić information content (AvgIpc) is 2.59. The number of hydrogen-bond donors (Lipinski definition) is 1. The maximum atomic E-state index is 12.8. The van der Waals surface area contributed by atoms with Gasteiger partial charge in [0.25, 0.3) is 5.69 Å². The smallest absolute Gasteiger partial charge is 0.336 e. The number of carbonyl (C=O) groups is 2. The van der Waals surface area contributed by atoms with Gasteiger partial charge in [-0.3, -0.25) is 19.8 Å². The maximum Gasteiger partial charge on any atom is 0.336 e. The van der Waals surface area contributed by atoms with Crippen LogP contribution in [0.15, 0.2) is 46.8 Å². The van der Waals surface area contributed by atoms with Crippen LogP contribution in [0.5, 0.6) is 0 Å². The molecule has 1 N–H and O–H groups in total. The summed E-state index contributed by atoms with van der Waals surface area (Å²) in [4.78, 5) is 38.1. The van der Waals surface area contributed by atoms with E-state index in [1.165, 1.54) is 13.2 Å². The van der Waals surface area contributed by atoms with E-state index in [4.69, 9.17) is 4.74 Å². The molecular formula is C18H19N3O5. The van der Waals surface area contributed by atoms with Crippen molar-refractivity contribution in [1.29, 1.82) is 0 Å². The molecular weight excluding hydrogens is 338 g/mol. The molecule has 3 rings (SSSR count). The van der Waals surface area contributed by atoms with Gasteiger partial charge in [0.1, 0.15) is 0 Å². The Bertz CT molecular complexity index is 871. The predicted molar refractivity (Wildman–Crippen MR) is 93.2 cm³/mol. The number of ketones is 1. The van der Waals surface area contributed by atoms with Crippen molar-refractivity contribution >= 4 is 17.4 Å². The first-order chi connectivity index (χ1) is 12.3. The van der Waals surface area contributed by atoms with Crippen LogP contribution in [0.4, 0.5) is 5.69 Å². The lowest BCUT2D eigenvalue weighted by molar-refractivity contribution is -0.385. The third-order valence-electron chi connectivity index (χ3n) is 4.64. The number of nitro groups is 1. The second-order valence-corrected chi connectivity index (χ2v) is 6.39. The van der Waals surface area contributed by atoms with Crippen molar-refractivity contribution in [1.82, 2.24) is 10.2 Å². The Kier molecular flexibility index (Phi) is 4.60. The van der Waals surface area contributed by atoms with E-state index in [9.17, 15) is 19.7 Å². The summed E-state index contributed by atoms with van der Waals surface area (Å²) in [7, 11) is 3.07. The number of Topliss-reactive ketones (excluding diaryl/α,β-unsaturated/α-hetero) is 1. The topological polar surface area (TPSA) is 102 Å². The summed E-state index contributed by atoms with van der Waals surface area (Å²) in [5.41, 5.74) is 1.98. The Balaban J connectivity index is 2.27. The van der Waals surface area contributed by atoms with Gasteiger partial charge >= 0.3 is 5.97 Å². The number of hydrogen-bond acceptors (Lipinski definition) is 7. The molecule has 2 heterocycles. The van der Waals surface area contributed by atoms with Crippen LogP contribution < -0.4 is 5.32 Å². The molecule has 0 radical (unpaired) electrons. The van der Waals surface area contributed by atoms with Crippen LogP contribution in [0.3, 0.4) is 0 Å². The van der Waals surface area contributed by atoms with Crippen molar-refractivity contribution in [2.45, 2.75) is 12.8 Å². The molecule has 26 heavy (non-hydrogen) atoms. The van der Waals surface area contributed by atoms with E-state index in [1.54, 1.807) is 25.1 Å². The number of ether oxygens (including phenoxy) is 1. The van der Waals surface area contributed by atoms with Crippen LogP contribution in [-0.2, 0) is 14.3 Å². The summed E-state index contributed by atoms with van der Waals surface area (Å²) in [6.07, 6.45) is 0. The Morgan fingerprint density at radius 1 is 1.35 bits per heavy atom. The van der Waals surface area contributed by atoms with Gasteiger partial charge in [-0.1, -0.05) is 18.2 Å². The number of nitrogens with one attached hydrogen (secondary N) is 1. The van der Waals surface area contributed by atoms with Crippen molar-refractivity contribution < 1.29 is 19.2 Å². The van der Waals surface area contributed by atoms with E-state index in [0.717, 1.165) is 0 Å². The van der Waals surface area contributed by atoms with Crippen molar-refractivity contribution in [2.75, 3.05) is 27.2 Å². The molecule has 0 bridgehead atoms. The molecule has 0 aliphatic carbocycles. The van der Waals surface area contributed by atoms with Crippen LogP contribution in [-0.4, -0.2) is 48.8 Å². The minimum Gasteiger partial charge on any atom is -0.466 e. The van der Waals surface area contributed by atoms with E-state index in [-0.39, 0.29) is 23.6 Å². The Labute approximate surface area is 150 Å². The second-order valence-electron chi connectivity index (χ2n) is 6.39. The fourth-order valence-electron chi connectivity index (χ4n) is 3.60. The first kappa shape index (κ1) is 17.8. The Morgan fingerprint density at radius 2 is 2.04 bits per heavy atom. The van der Waals surface area contributed by atoms with E-state index in [0.29, 0.717) is 29.1 Å². The number of para-hydroxylation sites is 1. The van der Waals surface area contributed by atoms with Crippen molar-refractivity contribution in [2.24, 2.45) is 0 Å². The molecule has 1 aromatic rings. The maximum absolute atomic E-state index is 12.8. The number of nitrogens with zero attached hydrogens (tertiary/aromatic N) is 2. The van der Waals surface area contributed by atoms with Gasteiger partial charge in [-0.2, -0.15) is 0 Å². The molecule has 0 saturated carbocycles. The van der Waals surface area contributed by atoms with Gasteiger partial charge in [0.05, 0.1) is 30.1 Å². The van der Waals surface area contributed by atoms with E-state index in [2.05, 4.69) is 5.32 Å². The molecule has 0 amide bonds. The van der Waals surface area contributed by atoms with Crippen LogP contribution in [0, 0.1) is 10.1 Å². The molecule has 0 aromatic heterocycles. The molecule has 1 unspecified atom stereocenters. The van der Waals surface area contributed by atoms with E-state index >= 15 is 0 Å². The zero-order chi connectivity index (χ0) is 19.0. The lowest BCUT2D eigenvalue weighted by Gasteiger charge is -2.36. The lowest BCUT2D eigenvalue weighted by atomic mass is 9.77. The minimum absolute atomic E-state index is 0.132. The molecule has 8 nitrogen and oxygen atoms in total. The monoisotopic (exact) mass is 357 g/mol. The van der Waals surface area contributed by atoms with Gasteiger partial charge in [0.15, 0.2) is 5.78 Å². The highest BCUT2D eigenvalue weighted by molar-refractivity contribution is 6.05. The van der Waals surface area contributed by atoms with Gasteiger partial charge in [0, 0.05) is 35.1 Å². The highest BCUT2D eigenvalue weighted by atomic mass is 16.6. The molecule has 2 aliphatic rings. The number of esters is 1. The third-order valence-corrected chi connectivity index (χ3v) is 4.64. The first-order valence-electron chi connectivity index (χ1n) is 8.09. The predicted octanol–water partition coefficient (Wildman–Crippen LogP) is 1.50. The Morgan fingerprint density at radius 3 is 2.69 bits per heavy atom. The Hall–Kier alpha value is -3.00. The first-order valence-corrected chi connectivity index (χ1v) is 8.09. The SMILES string of the molecule is COC(=O)C1=C(C)NC2=C(C(=O)CN(C)C2)C1c1ccccc1[N+](=O)[O-]. The number of rotatable bonds is 3.